The van der Waals surface area contributed by atoms with Crippen LogP contribution in [0, 0.1) is 0 Å². The molecule has 0 spiro atoms. The van der Waals surface area contributed by atoms with Crippen LogP contribution in [-0.4, -0.2) is 60.4 Å². The predicted octanol–water partition coefficient (Wildman–Crippen LogP) is 4.14. The summed E-state index contributed by atoms with van der Waals surface area (Å²) in [4.78, 5) is 30.0. The van der Waals surface area contributed by atoms with Gasteiger partial charge in [-0.05, 0) is 43.9 Å². The van der Waals surface area contributed by atoms with Crippen LogP contribution >= 0.6 is 0 Å². The van der Waals surface area contributed by atoms with E-state index in [1.165, 1.54) is 4.90 Å². The molecule has 170 valence electrons. The monoisotopic (exact) mass is 446 g/mol. The number of furan rings is 1. The van der Waals surface area contributed by atoms with Gasteiger partial charge in [-0.3, -0.25) is 9.59 Å². The molecule has 7 heteroatoms. The van der Waals surface area contributed by atoms with E-state index in [0.29, 0.717) is 36.6 Å². The zero-order valence-corrected chi connectivity index (χ0v) is 18.7. The lowest BCUT2D eigenvalue weighted by atomic mass is 9.95. The fourth-order valence-corrected chi connectivity index (χ4v) is 3.93. The molecule has 0 unspecified atom stereocenters. The lowest BCUT2D eigenvalue weighted by Crippen LogP contribution is -2.36. The Labute approximate surface area is 192 Å². The number of aliphatic hydroxyl groups excluding tert-OH is 1. The quantitative estimate of drug-likeness (QED) is 0.393. The van der Waals surface area contributed by atoms with Gasteiger partial charge >= 0.3 is 0 Å². The molecule has 0 saturated carbocycles. The second-order valence-corrected chi connectivity index (χ2v) is 8.12. The summed E-state index contributed by atoms with van der Waals surface area (Å²) in [5, 5.41) is 11.6. The number of fused-ring (bicyclic) bond motifs is 1. The van der Waals surface area contributed by atoms with Crippen molar-refractivity contribution in [2.24, 2.45) is 0 Å². The number of ether oxygens (including phenoxy) is 1. The molecular weight excluding hydrogens is 420 g/mol. The number of carbonyl (C=O) groups is 2. The molecule has 2 aromatic carbocycles. The van der Waals surface area contributed by atoms with E-state index in [2.05, 4.69) is 6.58 Å². The molecule has 1 aliphatic heterocycles. The number of likely N-dealkylation sites (N-methyl/N-ethyl adjacent to an activating group) is 1. The highest BCUT2D eigenvalue weighted by atomic mass is 16.5. The van der Waals surface area contributed by atoms with Gasteiger partial charge in [0.1, 0.15) is 17.9 Å². The van der Waals surface area contributed by atoms with Crippen molar-refractivity contribution in [2.75, 3.05) is 33.8 Å². The number of hydrogen-bond acceptors (Lipinski definition) is 6. The number of nitrogens with zero attached hydrogens (tertiary/aromatic N) is 2. The lowest BCUT2D eigenvalue weighted by Gasteiger charge is -2.28. The van der Waals surface area contributed by atoms with Crippen LogP contribution in [0.25, 0.3) is 11.0 Å². The van der Waals surface area contributed by atoms with E-state index < -0.39 is 23.5 Å². The third-order valence-electron chi connectivity index (χ3n) is 5.53. The number of ketones is 1. The minimum atomic E-state index is -0.773. The highest BCUT2D eigenvalue weighted by molar-refractivity contribution is 6.16. The van der Waals surface area contributed by atoms with Gasteiger partial charge in [0.2, 0.25) is 5.78 Å². The fourth-order valence-electron chi connectivity index (χ4n) is 3.93. The van der Waals surface area contributed by atoms with Crippen molar-refractivity contribution in [3.8, 4) is 5.75 Å². The topological polar surface area (TPSA) is 83.2 Å². The molecule has 1 aromatic heterocycles. The van der Waals surface area contributed by atoms with Gasteiger partial charge in [-0.15, -0.1) is 0 Å². The standard InChI is InChI=1S/C26H26N2O5/c1-4-14-32-19-10-7-9-18(15-19)23-22(25(30)26(31)28(23)13-12-27(2)3)24(29)21-16-17-8-5-6-11-20(17)33-21/h4-11,15-16,23,30H,1,12-14H2,2-3H3/t23-/m0/s1. The predicted molar refractivity (Wildman–Crippen MR) is 125 cm³/mol. The molecule has 2 heterocycles. The zero-order valence-electron chi connectivity index (χ0n) is 18.7. The molecule has 1 atom stereocenters. The molecule has 7 nitrogen and oxygen atoms in total. The van der Waals surface area contributed by atoms with Gasteiger partial charge in [0.05, 0.1) is 11.6 Å². The number of rotatable bonds is 9. The third kappa shape index (κ3) is 4.40. The summed E-state index contributed by atoms with van der Waals surface area (Å²) in [7, 11) is 3.79. The van der Waals surface area contributed by atoms with Crippen LogP contribution in [0.15, 0.2) is 83.0 Å². The number of Topliss-reactive ketones (excluding diaryl/α,β-unsaturated/α-hetero) is 1. The van der Waals surface area contributed by atoms with Crippen molar-refractivity contribution in [1.82, 2.24) is 9.80 Å². The summed E-state index contributed by atoms with van der Waals surface area (Å²) in [5.74, 6) is -1.01. The van der Waals surface area contributed by atoms with Gasteiger partial charge in [-0.25, -0.2) is 0 Å². The Morgan fingerprint density at radius 1 is 1.21 bits per heavy atom. The van der Waals surface area contributed by atoms with Gasteiger partial charge in [0.25, 0.3) is 5.91 Å². The zero-order chi connectivity index (χ0) is 23.5. The summed E-state index contributed by atoms with van der Waals surface area (Å²) in [6, 6.07) is 15.3. The summed E-state index contributed by atoms with van der Waals surface area (Å²) >= 11 is 0. The average molecular weight is 447 g/mol. The van der Waals surface area contributed by atoms with Gasteiger partial charge in [0, 0.05) is 18.5 Å². The van der Waals surface area contributed by atoms with Crippen molar-refractivity contribution in [2.45, 2.75) is 6.04 Å². The van der Waals surface area contributed by atoms with Gasteiger partial charge < -0.3 is 24.1 Å². The Bertz CT molecular complexity index is 1210. The number of amides is 1. The smallest absolute Gasteiger partial charge is 0.290 e. The van der Waals surface area contributed by atoms with Crippen LogP contribution in [0.2, 0.25) is 0 Å². The molecule has 3 aromatic rings. The van der Waals surface area contributed by atoms with E-state index in [-0.39, 0.29) is 11.3 Å². The van der Waals surface area contributed by atoms with Crippen LogP contribution in [-0.2, 0) is 4.79 Å². The van der Waals surface area contributed by atoms with E-state index in [0.717, 1.165) is 5.39 Å². The summed E-state index contributed by atoms with van der Waals surface area (Å²) in [6.07, 6.45) is 1.64. The molecule has 1 amide bonds. The molecule has 0 radical (unpaired) electrons. The van der Waals surface area contributed by atoms with Crippen molar-refractivity contribution in [3.05, 3.63) is 89.9 Å². The largest absolute Gasteiger partial charge is 0.503 e. The highest BCUT2D eigenvalue weighted by Crippen LogP contribution is 2.40. The maximum absolute atomic E-state index is 13.6. The Morgan fingerprint density at radius 3 is 2.73 bits per heavy atom. The molecular formula is C26H26N2O5. The lowest BCUT2D eigenvalue weighted by molar-refractivity contribution is -0.129. The Balaban J connectivity index is 1.77. The summed E-state index contributed by atoms with van der Waals surface area (Å²) in [6.45, 7) is 4.87. The Morgan fingerprint density at radius 2 is 2.00 bits per heavy atom. The Kier molecular flexibility index (Phi) is 6.33. The van der Waals surface area contributed by atoms with E-state index in [9.17, 15) is 14.7 Å². The Hall–Kier alpha value is -3.84. The molecule has 1 N–H and O–H groups in total. The van der Waals surface area contributed by atoms with Crippen LogP contribution in [0.1, 0.15) is 22.2 Å². The van der Waals surface area contributed by atoms with E-state index in [1.807, 2.05) is 43.3 Å². The average Bonchev–Trinajstić information content (AvgIpc) is 3.35. The van der Waals surface area contributed by atoms with Gasteiger partial charge in [-0.2, -0.15) is 0 Å². The second kappa shape index (κ2) is 9.34. The van der Waals surface area contributed by atoms with Gasteiger partial charge in [0.15, 0.2) is 11.5 Å². The first-order chi connectivity index (χ1) is 15.9. The van der Waals surface area contributed by atoms with E-state index in [4.69, 9.17) is 9.15 Å². The molecule has 0 aliphatic carbocycles. The van der Waals surface area contributed by atoms with Crippen LogP contribution < -0.4 is 4.74 Å². The number of hydrogen-bond donors (Lipinski definition) is 1. The normalized spacial score (nSPS) is 16.2. The van der Waals surface area contributed by atoms with Crippen molar-refractivity contribution >= 4 is 22.7 Å². The highest BCUT2D eigenvalue weighted by Gasteiger charge is 2.44. The number of benzene rings is 2. The minimum absolute atomic E-state index is 0.00122. The summed E-state index contributed by atoms with van der Waals surface area (Å²) < 4.78 is 11.4. The molecule has 0 bridgehead atoms. The van der Waals surface area contributed by atoms with E-state index in [1.54, 1.807) is 36.4 Å². The molecule has 0 saturated heterocycles. The van der Waals surface area contributed by atoms with Crippen LogP contribution in [0.5, 0.6) is 5.75 Å². The van der Waals surface area contributed by atoms with Crippen LogP contribution in [0.4, 0.5) is 0 Å². The SMILES string of the molecule is C=CCOc1cccc([C@H]2C(C(=O)c3cc4ccccc4o3)=C(O)C(=O)N2CCN(C)C)c1. The number of carbonyl (C=O) groups excluding carboxylic acids is 2. The van der Waals surface area contributed by atoms with Gasteiger partial charge in [-0.1, -0.05) is 43.0 Å². The molecule has 33 heavy (non-hydrogen) atoms. The first-order valence-electron chi connectivity index (χ1n) is 10.7. The van der Waals surface area contributed by atoms with E-state index >= 15 is 0 Å². The van der Waals surface area contributed by atoms with Crippen molar-refractivity contribution in [1.29, 1.82) is 0 Å². The maximum Gasteiger partial charge on any atom is 0.290 e. The molecule has 0 fully saturated rings. The van der Waals surface area contributed by atoms with Crippen LogP contribution in [0.3, 0.4) is 0 Å². The van der Waals surface area contributed by atoms with Crippen molar-refractivity contribution < 1.29 is 23.8 Å². The third-order valence-corrected chi connectivity index (χ3v) is 5.53. The first kappa shape index (κ1) is 22.4. The fraction of sp³-hybridized carbons (Fsp3) is 0.231. The molecule has 4 rings (SSSR count). The minimum Gasteiger partial charge on any atom is -0.503 e. The maximum atomic E-state index is 13.6. The first-order valence-corrected chi connectivity index (χ1v) is 10.7. The summed E-state index contributed by atoms with van der Waals surface area (Å²) in [5.41, 5.74) is 1.22. The number of para-hydroxylation sites is 1. The number of aliphatic hydroxyl groups is 1. The van der Waals surface area contributed by atoms with Crippen molar-refractivity contribution in [3.63, 3.8) is 0 Å². The molecule has 1 aliphatic rings. The second-order valence-electron chi connectivity index (χ2n) is 8.12.